The first kappa shape index (κ1) is 9.03. The number of hydrogen-bond donors (Lipinski definition) is 3. The molecule has 1 aromatic carbocycles. The van der Waals surface area contributed by atoms with Crippen LogP contribution in [0.4, 0.5) is 0 Å². The zero-order chi connectivity index (χ0) is 8.97. The third-order valence-electron chi connectivity index (χ3n) is 1.81. The van der Waals surface area contributed by atoms with Gasteiger partial charge in [0.2, 0.25) is 0 Å². The first-order valence-electron chi connectivity index (χ1n) is 3.78. The lowest BCUT2D eigenvalue weighted by atomic mass is 10.0. The first-order valence-corrected chi connectivity index (χ1v) is 3.78. The van der Waals surface area contributed by atoms with Crippen molar-refractivity contribution >= 4 is 0 Å². The maximum Gasteiger partial charge on any atom is 0.115 e. The minimum atomic E-state index is -0.245. The lowest BCUT2D eigenvalue weighted by Gasteiger charge is -2.10. The number of aromatic hydroxyl groups is 1. The van der Waals surface area contributed by atoms with Crippen LogP contribution in [0.1, 0.15) is 11.5 Å². The van der Waals surface area contributed by atoms with Crippen molar-refractivity contribution in [2.45, 2.75) is 5.92 Å². The van der Waals surface area contributed by atoms with Crippen LogP contribution >= 0.6 is 0 Å². The molecular weight excluding hydrogens is 156 g/mol. The van der Waals surface area contributed by atoms with Crippen LogP contribution in [0.3, 0.4) is 0 Å². The van der Waals surface area contributed by atoms with Crippen molar-refractivity contribution in [3.8, 4) is 5.75 Å². The largest absolute Gasteiger partial charge is 0.508 e. The Hall–Kier alpha value is -1.06. The van der Waals surface area contributed by atoms with Crippen LogP contribution in [0.5, 0.6) is 5.75 Å². The topological polar surface area (TPSA) is 60.7 Å². The van der Waals surface area contributed by atoms with Gasteiger partial charge in [0.1, 0.15) is 5.75 Å². The van der Waals surface area contributed by atoms with Crippen molar-refractivity contribution in [1.82, 2.24) is 0 Å². The molecule has 0 aromatic heterocycles. The SMILES string of the molecule is OCC(CO)c1ccc(O)cc1. The molecule has 0 spiro atoms. The Balaban J connectivity index is 2.80. The van der Waals surface area contributed by atoms with Crippen LogP contribution in [0.2, 0.25) is 0 Å². The van der Waals surface area contributed by atoms with Gasteiger partial charge in [-0.15, -0.1) is 0 Å². The molecule has 1 rings (SSSR count). The smallest absolute Gasteiger partial charge is 0.115 e. The van der Waals surface area contributed by atoms with Crippen molar-refractivity contribution in [2.75, 3.05) is 13.2 Å². The van der Waals surface area contributed by atoms with E-state index in [1.165, 1.54) is 12.1 Å². The quantitative estimate of drug-likeness (QED) is 0.614. The van der Waals surface area contributed by atoms with Gasteiger partial charge in [-0.25, -0.2) is 0 Å². The van der Waals surface area contributed by atoms with E-state index in [2.05, 4.69) is 0 Å². The number of rotatable bonds is 3. The number of aliphatic hydroxyl groups excluding tert-OH is 2. The number of phenolic OH excluding ortho intramolecular Hbond substituents is 1. The third kappa shape index (κ3) is 1.96. The number of phenols is 1. The van der Waals surface area contributed by atoms with E-state index in [-0.39, 0.29) is 24.9 Å². The fourth-order valence-corrected chi connectivity index (χ4v) is 1.02. The van der Waals surface area contributed by atoms with E-state index in [9.17, 15) is 0 Å². The van der Waals surface area contributed by atoms with Crippen LogP contribution in [-0.2, 0) is 0 Å². The molecule has 0 aliphatic carbocycles. The number of benzene rings is 1. The van der Waals surface area contributed by atoms with Gasteiger partial charge in [-0.05, 0) is 17.7 Å². The molecule has 1 aromatic rings. The molecule has 0 saturated heterocycles. The Labute approximate surface area is 70.9 Å². The van der Waals surface area contributed by atoms with E-state index in [0.29, 0.717) is 0 Å². The molecule has 12 heavy (non-hydrogen) atoms. The summed E-state index contributed by atoms with van der Waals surface area (Å²) in [5, 5.41) is 26.6. The van der Waals surface area contributed by atoms with Crippen molar-refractivity contribution in [1.29, 1.82) is 0 Å². The highest BCUT2D eigenvalue weighted by atomic mass is 16.3. The first-order chi connectivity index (χ1) is 5.77. The third-order valence-corrected chi connectivity index (χ3v) is 1.81. The van der Waals surface area contributed by atoms with Gasteiger partial charge in [-0.3, -0.25) is 0 Å². The van der Waals surface area contributed by atoms with Crippen LogP contribution in [-0.4, -0.2) is 28.5 Å². The summed E-state index contributed by atoms with van der Waals surface area (Å²) in [6, 6.07) is 6.44. The molecule has 0 fully saturated rings. The molecule has 0 amide bonds. The standard InChI is InChI=1S/C9H12O3/c10-5-8(6-11)7-1-3-9(12)4-2-7/h1-4,8,10-12H,5-6H2. The Morgan fingerprint density at radius 2 is 1.50 bits per heavy atom. The Bertz CT molecular complexity index is 226. The Morgan fingerprint density at radius 3 is 1.92 bits per heavy atom. The summed E-state index contributed by atoms with van der Waals surface area (Å²) in [6.45, 7) is -0.164. The van der Waals surface area contributed by atoms with E-state index < -0.39 is 0 Å². The minimum Gasteiger partial charge on any atom is -0.508 e. The van der Waals surface area contributed by atoms with Crippen molar-refractivity contribution in [3.05, 3.63) is 29.8 Å². The summed E-state index contributed by atoms with van der Waals surface area (Å²) in [4.78, 5) is 0. The second kappa shape index (κ2) is 4.09. The van der Waals surface area contributed by atoms with Crippen molar-refractivity contribution in [2.24, 2.45) is 0 Å². The highest BCUT2D eigenvalue weighted by molar-refractivity contribution is 5.28. The zero-order valence-corrected chi connectivity index (χ0v) is 6.64. The molecule has 0 heterocycles. The number of aliphatic hydroxyl groups is 2. The number of hydrogen-bond acceptors (Lipinski definition) is 3. The molecule has 0 aliphatic heterocycles. The molecule has 3 nitrogen and oxygen atoms in total. The summed E-state index contributed by atoms with van der Waals surface area (Å²) >= 11 is 0. The average Bonchev–Trinajstić information content (AvgIpc) is 2.10. The van der Waals surface area contributed by atoms with Gasteiger partial charge in [-0.1, -0.05) is 12.1 Å². The van der Waals surface area contributed by atoms with E-state index >= 15 is 0 Å². The molecule has 3 N–H and O–H groups in total. The Kier molecular flexibility index (Phi) is 3.08. The van der Waals surface area contributed by atoms with Crippen molar-refractivity contribution < 1.29 is 15.3 Å². The summed E-state index contributed by atoms with van der Waals surface area (Å²) in [7, 11) is 0. The second-order valence-corrected chi connectivity index (χ2v) is 2.65. The summed E-state index contributed by atoms with van der Waals surface area (Å²) in [6.07, 6.45) is 0. The Morgan fingerprint density at radius 1 is 1.00 bits per heavy atom. The highest BCUT2D eigenvalue weighted by Gasteiger charge is 2.07. The van der Waals surface area contributed by atoms with Crippen molar-refractivity contribution in [3.63, 3.8) is 0 Å². The van der Waals surface area contributed by atoms with Crippen LogP contribution in [0.15, 0.2) is 24.3 Å². The van der Waals surface area contributed by atoms with Crippen LogP contribution in [0.25, 0.3) is 0 Å². The average molecular weight is 168 g/mol. The van der Waals surface area contributed by atoms with Gasteiger partial charge < -0.3 is 15.3 Å². The highest BCUT2D eigenvalue weighted by Crippen LogP contribution is 2.17. The predicted molar refractivity (Wildman–Crippen MR) is 45.0 cm³/mol. The van der Waals surface area contributed by atoms with E-state index in [0.717, 1.165) is 5.56 Å². The molecule has 66 valence electrons. The van der Waals surface area contributed by atoms with Crippen LogP contribution in [0, 0.1) is 0 Å². The summed E-state index contributed by atoms with van der Waals surface area (Å²) in [5.41, 5.74) is 0.831. The monoisotopic (exact) mass is 168 g/mol. The zero-order valence-electron chi connectivity index (χ0n) is 6.64. The van der Waals surface area contributed by atoms with Gasteiger partial charge >= 0.3 is 0 Å². The molecular formula is C9H12O3. The molecule has 0 unspecified atom stereocenters. The lowest BCUT2D eigenvalue weighted by Crippen LogP contribution is -2.08. The van der Waals surface area contributed by atoms with Gasteiger partial charge in [0, 0.05) is 5.92 Å². The fraction of sp³-hybridized carbons (Fsp3) is 0.333. The summed E-state index contributed by atoms with van der Waals surface area (Å²) < 4.78 is 0. The van der Waals surface area contributed by atoms with Crippen LogP contribution < -0.4 is 0 Å². The second-order valence-electron chi connectivity index (χ2n) is 2.65. The normalized spacial score (nSPS) is 10.6. The van der Waals surface area contributed by atoms with Gasteiger partial charge in [0.05, 0.1) is 13.2 Å². The van der Waals surface area contributed by atoms with Gasteiger partial charge in [0.25, 0.3) is 0 Å². The lowest BCUT2D eigenvalue weighted by molar-refractivity contribution is 0.192. The predicted octanol–water partition coefficient (Wildman–Crippen LogP) is 0.460. The minimum absolute atomic E-state index is 0.0821. The molecule has 0 saturated carbocycles. The van der Waals surface area contributed by atoms with Gasteiger partial charge in [-0.2, -0.15) is 0 Å². The molecule has 3 heteroatoms. The molecule has 0 bridgehead atoms. The molecule has 0 aliphatic rings. The summed E-state index contributed by atoms with van der Waals surface area (Å²) in [5.74, 6) is -0.0565. The molecule has 0 atom stereocenters. The van der Waals surface area contributed by atoms with Gasteiger partial charge in [0.15, 0.2) is 0 Å². The molecule has 0 radical (unpaired) electrons. The van der Waals surface area contributed by atoms with E-state index in [4.69, 9.17) is 15.3 Å². The fourth-order valence-electron chi connectivity index (χ4n) is 1.02. The van der Waals surface area contributed by atoms with E-state index in [1.54, 1.807) is 12.1 Å². The van der Waals surface area contributed by atoms with E-state index in [1.807, 2.05) is 0 Å². The maximum atomic E-state index is 8.96. The maximum absolute atomic E-state index is 8.96.